The highest BCUT2D eigenvalue weighted by Gasteiger charge is 2.30. The van der Waals surface area contributed by atoms with Crippen molar-refractivity contribution in [3.8, 4) is 5.75 Å². The van der Waals surface area contributed by atoms with Crippen LogP contribution in [0.1, 0.15) is 12.0 Å². The molecule has 0 spiro atoms. The lowest BCUT2D eigenvalue weighted by molar-refractivity contribution is -0.274. The number of nitrogens with two attached hydrogens (primary N) is 1. The van der Waals surface area contributed by atoms with Crippen LogP contribution in [-0.2, 0) is 11.3 Å². The van der Waals surface area contributed by atoms with Gasteiger partial charge >= 0.3 is 6.36 Å². The third kappa shape index (κ3) is 7.53. The third-order valence-corrected chi connectivity index (χ3v) is 2.02. The smallest absolute Gasteiger partial charge is 0.406 e. The van der Waals surface area contributed by atoms with Crippen LogP contribution in [0.4, 0.5) is 13.2 Å². The molecule has 3 N–H and O–H groups in total. The van der Waals surface area contributed by atoms with Crippen LogP contribution in [0.2, 0.25) is 0 Å². The standard InChI is InChI=1S/C11H13F3N2O2.ClH/c12-11(13,14)18-9-3-1-8(2-4-9)7-16-10(17)5-6-15;/h1-4H,5-7,15H2,(H,16,17);1H. The lowest BCUT2D eigenvalue weighted by atomic mass is 10.2. The quantitative estimate of drug-likeness (QED) is 0.873. The normalized spacial score (nSPS) is 10.5. The molecule has 0 saturated heterocycles. The van der Waals surface area contributed by atoms with Crippen molar-refractivity contribution in [3.63, 3.8) is 0 Å². The molecule has 4 nitrogen and oxygen atoms in total. The highest BCUT2D eigenvalue weighted by molar-refractivity contribution is 5.85. The fourth-order valence-electron chi connectivity index (χ4n) is 1.23. The third-order valence-electron chi connectivity index (χ3n) is 2.02. The molecule has 0 bridgehead atoms. The zero-order valence-electron chi connectivity index (χ0n) is 9.87. The molecular formula is C11H14ClF3N2O2. The maximum atomic E-state index is 11.9. The van der Waals surface area contributed by atoms with Crippen molar-refractivity contribution < 1.29 is 22.7 Å². The first-order valence-corrected chi connectivity index (χ1v) is 5.22. The van der Waals surface area contributed by atoms with E-state index in [-0.39, 0.29) is 43.6 Å². The number of alkyl halides is 3. The van der Waals surface area contributed by atoms with Gasteiger partial charge < -0.3 is 15.8 Å². The van der Waals surface area contributed by atoms with Gasteiger partial charge in [-0.3, -0.25) is 4.79 Å². The Morgan fingerprint density at radius 1 is 1.26 bits per heavy atom. The molecule has 0 heterocycles. The van der Waals surface area contributed by atoms with E-state index in [0.29, 0.717) is 5.56 Å². The van der Waals surface area contributed by atoms with Gasteiger partial charge in [0.15, 0.2) is 0 Å². The Labute approximate surface area is 114 Å². The van der Waals surface area contributed by atoms with Crippen molar-refractivity contribution in [2.75, 3.05) is 6.54 Å². The monoisotopic (exact) mass is 298 g/mol. The summed E-state index contributed by atoms with van der Waals surface area (Å²) in [6.45, 7) is 0.495. The molecule has 0 atom stereocenters. The van der Waals surface area contributed by atoms with Crippen LogP contribution in [0.25, 0.3) is 0 Å². The van der Waals surface area contributed by atoms with Crippen molar-refractivity contribution in [2.45, 2.75) is 19.3 Å². The Hall–Kier alpha value is -1.47. The van der Waals surface area contributed by atoms with Gasteiger partial charge in [-0.05, 0) is 17.7 Å². The molecule has 0 unspecified atom stereocenters. The molecule has 1 rings (SSSR count). The number of hydrogen-bond donors (Lipinski definition) is 2. The lowest BCUT2D eigenvalue weighted by Crippen LogP contribution is -2.25. The van der Waals surface area contributed by atoms with E-state index in [1.54, 1.807) is 0 Å². The van der Waals surface area contributed by atoms with Gasteiger partial charge in [-0.2, -0.15) is 0 Å². The second-order valence-corrected chi connectivity index (χ2v) is 3.51. The van der Waals surface area contributed by atoms with Gasteiger partial charge in [-0.1, -0.05) is 12.1 Å². The van der Waals surface area contributed by atoms with E-state index in [2.05, 4.69) is 10.1 Å². The number of nitrogens with one attached hydrogen (secondary N) is 1. The second-order valence-electron chi connectivity index (χ2n) is 3.51. The Balaban J connectivity index is 0.00000324. The molecule has 0 fully saturated rings. The number of carbonyl (C=O) groups is 1. The molecule has 1 aromatic carbocycles. The van der Waals surface area contributed by atoms with Crippen LogP contribution in [-0.4, -0.2) is 18.8 Å². The van der Waals surface area contributed by atoms with E-state index in [1.165, 1.54) is 24.3 Å². The van der Waals surface area contributed by atoms with Crippen molar-refractivity contribution in [3.05, 3.63) is 29.8 Å². The number of ether oxygens (including phenoxy) is 1. The van der Waals surface area contributed by atoms with Crippen LogP contribution in [0.15, 0.2) is 24.3 Å². The van der Waals surface area contributed by atoms with E-state index < -0.39 is 6.36 Å². The number of halogens is 4. The van der Waals surface area contributed by atoms with Gasteiger partial charge in [0.2, 0.25) is 5.91 Å². The van der Waals surface area contributed by atoms with Crippen LogP contribution in [0.5, 0.6) is 5.75 Å². The molecule has 0 saturated carbocycles. The van der Waals surface area contributed by atoms with Crippen LogP contribution >= 0.6 is 12.4 Å². The maximum absolute atomic E-state index is 11.9. The number of hydrogen-bond acceptors (Lipinski definition) is 3. The minimum Gasteiger partial charge on any atom is -0.406 e. The molecule has 1 aromatic rings. The average molecular weight is 299 g/mol. The molecule has 1 amide bonds. The predicted molar refractivity (Wildman–Crippen MR) is 65.9 cm³/mol. The minimum absolute atomic E-state index is 0. The number of benzene rings is 1. The first-order chi connectivity index (χ1) is 8.40. The summed E-state index contributed by atoms with van der Waals surface area (Å²) in [5.41, 5.74) is 5.87. The van der Waals surface area contributed by atoms with Crippen molar-refractivity contribution in [1.82, 2.24) is 5.32 Å². The largest absolute Gasteiger partial charge is 0.573 e. The molecule has 0 aliphatic heterocycles. The molecule has 0 aliphatic rings. The Kier molecular flexibility index (Phi) is 7.25. The van der Waals surface area contributed by atoms with Gasteiger partial charge in [0.25, 0.3) is 0 Å². The zero-order valence-corrected chi connectivity index (χ0v) is 10.7. The Morgan fingerprint density at radius 2 is 1.84 bits per heavy atom. The first kappa shape index (κ1) is 17.5. The van der Waals surface area contributed by atoms with Gasteiger partial charge in [0.05, 0.1) is 0 Å². The van der Waals surface area contributed by atoms with Crippen LogP contribution < -0.4 is 15.8 Å². The first-order valence-electron chi connectivity index (χ1n) is 5.22. The van der Waals surface area contributed by atoms with Crippen molar-refractivity contribution in [2.24, 2.45) is 5.73 Å². The molecule has 19 heavy (non-hydrogen) atoms. The highest BCUT2D eigenvalue weighted by Crippen LogP contribution is 2.22. The van der Waals surface area contributed by atoms with Crippen LogP contribution in [0.3, 0.4) is 0 Å². The molecule has 108 valence electrons. The summed E-state index contributed by atoms with van der Waals surface area (Å²) in [6.07, 6.45) is -4.48. The summed E-state index contributed by atoms with van der Waals surface area (Å²) in [5, 5.41) is 2.59. The molecule has 0 aromatic heterocycles. The van der Waals surface area contributed by atoms with Gasteiger partial charge in [-0.25, -0.2) is 0 Å². The van der Waals surface area contributed by atoms with Gasteiger partial charge in [0.1, 0.15) is 5.75 Å². The fourth-order valence-corrected chi connectivity index (χ4v) is 1.23. The fraction of sp³-hybridized carbons (Fsp3) is 0.364. The summed E-state index contributed by atoms with van der Waals surface area (Å²) >= 11 is 0. The van der Waals surface area contributed by atoms with Crippen LogP contribution in [0, 0.1) is 0 Å². The molecule has 8 heteroatoms. The zero-order chi connectivity index (χ0) is 13.6. The average Bonchev–Trinajstić information content (AvgIpc) is 2.26. The van der Waals surface area contributed by atoms with Crippen molar-refractivity contribution in [1.29, 1.82) is 0 Å². The molecular weight excluding hydrogens is 285 g/mol. The molecule has 0 aliphatic carbocycles. The summed E-state index contributed by atoms with van der Waals surface area (Å²) in [5.74, 6) is -0.493. The van der Waals surface area contributed by atoms with E-state index in [9.17, 15) is 18.0 Å². The van der Waals surface area contributed by atoms with Gasteiger partial charge in [-0.15, -0.1) is 25.6 Å². The summed E-state index contributed by atoms with van der Waals surface area (Å²) in [4.78, 5) is 11.1. The highest BCUT2D eigenvalue weighted by atomic mass is 35.5. The number of carbonyl (C=O) groups excluding carboxylic acids is 1. The van der Waals surface area contributed by atoms with E-state index in [4.69, 9.17) is 5.73 Å². The lowest BCUT2D eigenvalue weighted by Gasteiger charge is -2.09. The van der Waals surface area contributed by atoms with Crippen molar-refractivity contribution >= 4 is 18.3 Å². The predicted octanol–water partition coefficient (Wildman–Crippen LogP) is 1.97. The topological polar surface area (TPSA) is 64.4 Å². The van der Waals surface area contributed by atoms with E-state index >= 15 is 0 Å². The maximum Gasteiger partial charge on any atom is 0.573 e. The van der Waals surface area contributed by atoms with E-state index in [1.807, 2.05) is 0 Å². The Morgan fingerprint density at radius 3 is 2.32 bits per heavy atom. The summed E-state index contributed by atoms with van der Waals surface area (Å²) in [6, 6.07) is 5.28. The number of amides is 1. The van der Waals surface area contributed by atoms with Gasteiger partial charge in [0, 0.05) is 19.5 Å². The summed E-state index contributed by atoms with van der Waals surface area (Å²) < 4.78 is 39.4. The SMILES string of the molecule is Cl.NCCC(=O)NCc1ccc(OC(F)(F)F)cc1. The number of rotatable bonds is 5. The minimum atomic E-state index is -4.70. The van der Waals surface area contributed by atoms with E-state index in [0.717, 1.165) is 0 Å². The summed E-state index contributed by atoms with van der Waals surface area (Å²) in [7, 11) is 0. The second kappa shape index (κ2) is 7.85. The Bertz CT molecular complexity index is 396. The molecule has 0 radical (unpaired) electrons.